The summed E-state index contributed by atoms with van der Waals surface area (Å²) in [6.07, 6.45) is -3.73. The quantitative estimate of drug-likeness (QED) is 0.291. The Hall–Kier alpha value is -3.46. The van der Waals surface area contributed by atoms with Gasteiger partial charge in [-0.1, -0.05) is 18.6 Å². The summed E-state index contributed by atoms with van der Waals surface area (Å²) in [5, 5.41) is 12.2. The molecule has 0 aliphatic carbocycles. The van der Waals surface area contributed by atoms with E-state index in [2.05, 4.69) is 15.4 Å². The lowest BCUT2D eigenvalue weighted by Crippen LogP contribution is -2.42. The number of nitrogens with zero attached hydrogens (tertiary/aromatic N) is 5. The standard InChI is InChI=1S/C19H24N6O8S/c1-5-6-11-13-14(24(22-11)19(20)34)17(29)25(23-21-13)18-16(32-10(4)28)15(31-9(3)27)12(33-18)7-30-8(2)26/h12,15-16,18H,5-7H2,1-4H3,(H2,20,34). The van der Waals surface area contributed by atoms with E-state index in [1.165, 1.54) is 6.92 Å². The lowest BCUT2D eigenvalue weighted by atomic mass is 10.1. The zero-order valence-electron chi connectivity index (χ0n) is 18.9. The van der Waals surface area contributed by atoms with Gasteiger partial charge in [0.05, 0.1) is 5.69 Å². The van der Waals surface area contributed by atoms with Gasteiger partial charge in [0.15, 0.2) is 29.1 Å². The third kappa shape index (κ3) is 5.04. The Labute approximate surface area is 198 Å². The van der Waals surface area contributed by atoms with Crippen molar-refractivity contribution in [2.45, 2.75) is 65.1 Å². The van der Waals surface area contributed by atoms with Crippen LogP contribution >= 0.6 is 12.2 Å². The van der Waals surface area contributed by atoms with Crippen LogP contribution in [0.3, 0.4) is 0 Å². The Kier molecular flexibility index (Phi) is 7.56. The third-order valence-electron chi connectivity index (χ3n) is 4.86. The number of aromatic nitrogens is 5. The molecule has 2 aromatic heterocycles. The minimum Gasteiger partial charge on any atom is -0.463 e. The van der Waals surface area contributed by atoms with Crippen molar-refractivity contribution < 1.29 is 33.3 Å². The Bertz CT molecular complexity index is 1190. The monoisotopic (exact) mass is 496 g/mol. The molecule has 1 aliphatic rings. The average molecular weight is 497 g/mol. The van der Waals surface area contributed by atoms with E-state index in [1.54, 1.807) is 0 Å². The van der Waals surface area contributed by atoms with Crippen molar-refractivity contribution in [1.29, 1.82) is 0 Å². The van der Waals surface area contributed by atoms with Gasteiger partial charge in [-0.25, -0.2) is 0 Å². The molecule has 3 heterocycles. The molecule has 2 aromatic rings. The minimum atomic E-state index is -1.37. The number of esters is 3. The summed E-state index contributed by atoms with van der Waals surface area (Å²) in [6, 6.07) is 0. The first-order chi connectivity index (χ1) is 16.0. The van der Waals surface area contributed by atoms with Crippen LogP contribution < -0.4 is 11.3 Å². The Morgan fingerprint density at radius 1 is 1.12 bits per heavy atom. The number of hydrogen-bond donors (Lipinski definition) is 1. The summed E-state index contributed by atoms with van der Waals surface area (Å²) in [5.74, 6) is -2.05. The zero-order chi connectivity index (χ0) is 25.2. The molecule has 0 saturated carbocycles. The molecule has 0 amide bonds. The lowest BCUT2D eigenvalue weighted by Gasteiger charge is -2.23. The second kappa shape index (κ2) is 10.2. The van der Waals surface area contributed by atoms with E-state index in [-0.39, 0.29) is 22.8 Å². The van der Waals surface area contributed by atoms with Gasteiger partial charge in [-0.15, -0.1) is 5.10 Å². The van der Waals surface area contributed by atoms with Crippen molar-refractivity contribution in [3.63, 3.8) is 0 Å². The number of hydrogen-bond acceptors (Lipinski definition) is 12. The van der Waals surface area contributed by atoms with E-state index in [4.69, 9.17) is 36.9 Å². The Morgan fingerprint density at radius 3 is 2.32 bits per heavy atom. The van der Waals surface area contributed by atoms with Crippen molar-refractivity contribution >= 4 is 46.3 Å². The van der Waals surface area contributed by atoms with E-state index in [0.29, 0.717) is 12.1 Å². The van der Waals surface area contributed by atoms with Crippen molar-refractivity contribution in [3.8, 4) is 0 Å². The van der Waals surface area contributed by atoms with E-state index >= 15 is 0 Å². The first-order valence-corrected chi connectivity index (χ1v) is 10.8. The molecular weight excluding hydrogens is 472 g/mol. The second-order valence-electron chi connectivity index (χ2n) is 7.50. The van der Waals surface area contributed by atoms with Gasteiger partial charge in [-0.3, -0.25) is 19.2 Å². The molecule has 0 radical (unpaired) electrons. The van der Waals surface area contributed by atoms with Crippen LogP contribution in [-0.4, -0.2) is 72.7 Å². The maximum atomic E-state index is 13.5. The molecule has 1 fully saturated rings. The van der Waals surface area contributed by atoms with Gasteiger partial charge in [0.2, 0.25) is 0 Å². The van der Waals surface area contributed by atoms with E-state index < -0.39 is 48.0 Å². The Morgan fingerprint density at radius 2 is 1.76 bits per heavy atom. The van der Waals surface area contributed by atoms with E-state index in [0.717, 1.165) is 29.6 Å². The van der Waals surface area contributed by atoms with Gasteiger partial charge in [0.1, 0.15) is 18.2 Å². The Balaban J connectivity index is 2.14. The van der Waals surface area contributed by atoms with Crippen LogP contribution in [-0.2, 0) is 39.8 Å². The first kappa shape index (κ1) is 25.2. The number of aryl methyl sites for hydroxylation is 1. The van der Waals surface area contributed by atoms with Crippen LogP contribution in [0, 0.1) is 0 Å². The fourth-order valence-corrected chi connectivity index (χ4v) is 3.75. The molecule has 3 rings (SSSR count). The summed E-state index contributed by atoms with van der Waals surface area (Å²) in [5.41, 5.74) is 5.68. The predicted octanol–water partition coefficient (Wildman–Crippen LogP) is -0.644. The number of carbonyl (C=O) groups is 3. The maximum Gasteiger partial charge on any atom is 0.303 e. The highest BCUT2D eigenvalue weighted by Gasteiger charge is 2.51. The number of rotatable bonds is 7. The summed E-state index contributed by atoms with van der Waals surface area (Å²) in [4.78, 5) is 48.3. The molecule has 2 N–H and O–H groups in total. The molecule has 0 bridgehead atoms. The van der Waals surface area contributed by atoms with Crippen LogP contribution in [0.25, 0.3) is 11.0 Å². The van der Waals surface area contributed by atoms with Crippen LogP contribution in [0.2, 0.25) is 0 Å². The lowest BCUT2D eigenvalue weighted by molar-refractivity contribution is -0.166. The third-order valence-corrected chi connectivity index (χ3v) is 5.03. The largest absolute Gasteiger partial charge is 0.463 e. The summed E-state index contributed by atoms with van der Waals surface area (Å²) in [6.45, 7) is 5.06. The fourth-order valence-electron chi connectivity index (χ4n) is 3.61. The molecule has 4 unspecified atom stereocenters. The molecule has 1 saturated heterocycles. The summed E-state index contributed by atoms with van der Waals surface area (Å²) >= 11 is 5.02. The van der Waals surface area contributed by atoms with Crippen LogP contribution in [0.4, 0.5) is 0 Å². The normalized spacial score (nSPS) is 21.9. The number of fused-ring (bicyclic) bond motifs is 1. The molecule has 0 spiro atoms. The van der Waals surface area contributed by atoms with Gasteiger partial charge in [-0.05, 0) is 18.6 Å². The molecule has 0 aromatic carbocycles. The average Bonchev–Trinajstić information content (AvgIpc) is 3.26. The maximum absolute atomic E-state index is 13.5. The summed E-state index contributed by atoms with van der Waals surface area (Å²) < 4.78 is 23.4. The fraction of sp³-hybridized carbons (Fsp3) is 0.579. The van der Waals surface area contributed by atoms with Crippen molar-refractivity contribution in [3.05, 3.63) is 16.0 Å². The second-order valence-corrected chi connectivity index (χ2v) is 7.92. The predicted molar refractivity (Wildman–Crippen MR) is 117 cm³/mol. The molecule has 34 heavy (non-hydrogen) atoms. The molecular formula is C19H24N6O8S. The molecule has 184 valence electrons. The van der Waals surface area contributed by atoms with Gasteiger partial charge in [0, 0.05) is 20.8 Å². The minimum absolute atomic E-state index is 0.0383. The zero-order valence-corrected chi connectivity index (χ0v) is 19.7. The van der Waals surface area contributed by atoms with E-state index in [1.807, 2.05) is 6.92 Å². The highest BCUT2D eigenvalue weighted by molar-refractivity contribution is 7.80. The van der Waals surface area contributed by atoms with Gasteiger partial charge in [0.25, 0.3) is 5.56 Å². The SMILES string of the molecule is CCCc1nn(C(N)=S)c2c(=O)n(C3OC(COC(C)=O)C(OC(C)=O)C3OC(C)=O)nnc12. The summed E-state index contributed by atoms with van der Waals surface area (Å²) in [7, 11) is 0. The highest BCUT2D eigenvalue weighted by Crippen LogP contribution is 2.33. The van der Waals surface area contributed by atoms with Gasteiger partial charge >= 0.3 is 17.9 Å². The van der Waals surface area contributed by atoms with Crippen molar-refractivity contribution in [2.75, 3.05) is 6.61 Å². The number of thiocarbonyl (C=S) groups is 1. The topological polar surface area (TPSA) is 180 Å². The van der Waals surface area contributed by atoms with Crippen LogP contribution in [0.15, 0.2) is 4.79 Å². The van der Waals surface area contributed by atoms with Crippen LogP contribution in [0.5, 0.6) is 0 Å². The smallest absolute Gasteiger partial charge is 0.303 e. The van der Waals surface area contributed by atoms with Crippen LogP contribution in [0.1, 0.15) is 46.0 Å². The van der Waals surface area contributed by atoms with E-state index in [9.17, 15) is 19.2 Å². The molecule has 4 atom stereocenters. The van der Waals surface area contributed by atoms with Crippen molar-refractivity contribution in [2.24, 2.45) is 5.73 Å². The highest BCUT2D eigenvalue weighted by atomic mass is 32.1. The molecule has 1 aliphatic heterocycles. The molecule has 15 heteroatoms. The number of ether oxygens (including phenoxy) is 4. The van der Waals surface area contributed by atoms with Gasteiger partial charge in [-0.2, -0.15) is 14.5 Å². The molecule has 14 nitrogen and oxygen atoms in total. The van der Waals surface area contributed by atoms with Crippen molar-refractivity contribution in [1.82, 2.24) is 24.8 Å². The van der Waals surface area contributed by atoms with Gasteiger partial charge < -0.3 is 24.7 Å². The number of carbonyl (C=O) groups excluding carboxylic acids is 3. The first-order valence-electron chi connectivity index (χ1n) is 10.3. The number of nitrogens with two attached hydrogens (primary N) is 1.